The fourth-order valence-electron chi connectivity index (χ4n) is 5.29. The van der Waals surface area contributed by atoms with E-state index in [1.54, 1.807) is 15.9 Å². The number of hydrogen-bond acceptors (Lipinski definition) is 3. The Balaban J connectivity index is 1.50. The quantitative estimate of drug-likeness (QED) is 0.310. The van der Waals surface area contributed by atoms with Gasteiger partial charge in [-0.2, -0.15) is 0 Å². The van der Waals surface area contributed by atoms with E-state index in [2.05, 4.69) is 5.32 Å². The molecule has 0 spiro atoms. The van der Waals surface area contributed by atoms with E-state index in [1.807, 2.05) is 98.8 Å². The van der Waals surface area contributed by atoms with Crippen LogP contribution in [0.3, 0.4) is 0 Å². The van der Waals surface area contributed by atoms with Gasteiger partial charge < -0.3 is 10.2 Å². The fourth-order valence-corrected chi connectivity index (χ4v) is 5.29. The van der Waals surface area contributed by atoms with Crippen LogP contribution < -0.4 is 10.2 Å². The first-order valence-electron chi connectivity index (χ1n) is 13.5. The van der Waals surface area contributed by atoms with Crippen molar-refractivity contribution in [3.05, 3.63) is 113 Å². The lowest BCUT2D eigenvalue weighted by molar-refractivity contribution is -0.140. The normalized spacial score (nSPS) is 13.0. The van der Waals surface area contributed by atoms with Gasteiger partial charge in [-0.25, -0.2) is 0 Å². The van der Waals surface area contributed by atoms with E-state index in [-0.39, 0.29) is 30.8 Å². The summed E-state index contributed by atoms with van der Waals surface area (Å²) < 4.78 is 0. The van der Waals surface area contributed by atoms with Gasteiger partial charge in [-0.05, 0) is 42.0 Å². The Morgan fingerprint density at radius 2 is 1.62 bits per heavy atom. The fraction of sp³-hybridized carbons (Fsp3) is 0.242. The minimum absolute atomic E-state index is 0.148. The number of hydrogen-bond donors (Lipinski definition) is 1. The molecule has 1 heterocycles. The molecule has 0 fully saturated rings. The van der Waals surface area contributed by atoms with Gasteiger partial charge >= 0.3 is 0 Å². The number of nitrogens with one attached hydrogen (secondary N) is 1. The molecule has 6 nitrogen and oxygen atoms in total. The van der Waals surface area contributed by atoms with Crippen molar-refractivity contribution in [2.24, 2.45) is 0 Å². The van der Waals surface area contributed by atoms with Crippen LogP contribution in [-0.2, 0) is 22.6 Å². The molecule has 39 heavy (non-hydrogen) atoms. The van der Waals surface area contributed by atoms with Crippen LogP contribution in [0.5, 0.6) is 0 Å². The Morgan fingerprint density at radius 1 is 0.897 bits per heavy atom. The maximum absolute atomic E-state index is 14.2. The van der Waals surface area contributed by atoms with Crippen molar-refractivity contribution < 1.29 is 14.4 Å². The summed E-state index contributed by atoms with van der Waals surface area (Å²) in [5.74, 6) is -0.664. The van der Waals surface area contributed by atoms with Crippen LogP contribution in [0.1, 0.15) is 40.4 Å². The Bertz CT molecular complexity index is 1510. The average Bonchev–Trinajstić information content (AvgIpc) is 3.22. The number of aryl methyl sites for hydroxylation is 1. The van der Waals surface area contributed by atoms with Gasteiger partial charge in [-0.1, -0.05) is 91.3 Å². The van der Waals surface area contributed by atoms with Gasteiger partial charge in [0.15, 0.2) is 0 Å². The Morgan fingerprint density at radius 3 is 2.36 bits per heavy atom. The van der Waals surface area contributed by atoms with Crippen molar-refractivity contribution >= 4 is 34.2 Å². The van der Waals surface area contributed by atoms with Gasteiger partial charge in [-0.15, -0.1) is 0 Å². The van der Waals surface area contributed by atoms with Gasteiger partial charge in [0.25, 0.3) is 5.91 Å². The molecule has 0 saturated carbocycles. The maximum atomic E-state index is 14.2. The molecule has 1 atom stereocenters. The number of anilines is 1. The smallest absolute Gasteiger partial charge is 0.259 e. The minimum Gasteiger partial charge on any atom is -0.354 e. The highest BCUT2D eigenvalue weighted by atomic mass is 16.2. The maximum Gasteiger partial charge on any atom is 0.259 e. The van der Waals surface area contributed by atoms with Crippen LogP contribution in [0.2, 0.25) is 0 Å². The number of carbonyl (C=O) groups is 3. The molecule has 198 valence electrons. The van der Waals surface area contributed by atoms with Crippen LogP contribution >= 0.6 is 0 Å². The highest BCUT2D eigenvalue weighted by Crippen LogP contribution is 2.37. The summed E-state index contributed by atoms with van der Waals surface area (Å²) in [7, 11) is 0. The molecule has 0 radical (unpaired) electrons. The highest BCUT2D eigenvalue weighted by molar-refractivity contribution is 6.26. The van der Waals surface area contributed by atoms with Crippen LogP contribution in [0, 0.1) is 6.92 Å². The van der Waals surface area contributed by atoms with Crippen LogP contribution in [0.15, 0.2) is 91.0 Å². The van der Waals surface area contributed by atoms with E-state index >= 15 is 0 Å². The van der Waals surface area contributed by atoms with Crippen molar-refractivity contribution in [1.29, 1.82) is 0 Å². The third kappa shape index (κ3) is 5.55. The second kappa shape index (κ2) is 11.5. The Labute approximate surface area is 229 Å². The van der Waals surface area contributed by atoms with Gasteiger partial charge in [0.1, 0.15) is 12.6 Å². The molecule has 0 saturated heterocycles. The van der Waals surface area contributed by atoms with Crippen LogP contribution in [0.25, 0.3) is 10.8 Å². The molecule has 0 aliphatic carbocycles. The van der Waals surface area contributed by atoms with E-state index in [1.165, 1.54) is 0 Å². The molecule has 1 aliphatic heterocycles. The second-order valence-corrected chi connectivity index (χ2v) is 10.1. The first kappa shape index (κ1) is 26.2. The van der Waals surface area contributed by atoms with Gasteiger partial charge in [0.05, 0.1) is 5.69 Å². The van der Waals surface area contributed by atoms with E-state index in [9.17, 15) is 14.4 Å². The van der Waals surface area contributed by atoms with Gasteiger partial charge in [-0.3, -0.25) is 19.3 Å². The summed E-state index contributed by atoms with van der Waals surface area (Å²) in [6.45, 7) is 4.64. The Kier molecular flexibility index (Phi) is 7.73. The molecule has 3 amide bonds. The van der Waals surface area contributed by atoms with E-state index in [0.29, 0.717) is 18.5 Å². The summed E-state index contributed by atoms with van der Waals surface area (Å²) in [6, 6.07) is 28.4. The second-order valence-electron chi connectivity index (χ2n) is 10.1. The molecule has 4 aromatic rings. The molecule has 0 aromatic heterocycles. The third-order valence-corrected chi connectivity index (χ3v) is 7.20. The summed E-state index contributed by atoms with van der Waals surface area (Å²) in [4.78, 5) is 44.4. The number of amides is 3. The van der Waals surface area contributed by atoms with Gasteiger partial charge in [0, 0.05) is 30.5 Å². The zero-order chi connectivity index (χ0) is 27.4. The van der Waals surface area contributed by atoms with Crippen LogP contribution in [0.4, 0.5) is 5.69 Å². The average molecular weight is 520 g/mol. The first-order chi connectivity index (χ1) is 19.0. The monoisotopic (exact) mass is 519 g/mol. The zero-order valence-corrected chi connectivity index (χ0v) is 22.4. The molecule has 0 bridgehead atoms. The number of rotatable bonds is 10. The van der Waals surface area contributed by atoms with Crippen LogP contribution in [-0.4, -0.2) is 41.8 Å². The lowest BCUT2D eigenvalue weighted by atomic mass is 10.0. The highest BCUT2D eigenvalue weighted by Gasteiger charge is 2.35. The topological polar surface area (TPSA) is 69.7 Å². The van der Waals surface area contributed by atoms with E-state index in [0.717, 1.165) is 39.6 Å². The summed E-state index contributed by atoms with van der Waals surface area (Å²) in [5, 5.41) is 4.83. The summed E-state index contributed by atoms with van der Waals surface area (Å²) >= 11 is 0. The molecule has 5 rings (SSSR count). The van der Waals surface area contributed by atoms with Crippen molar-refractivity contribution in [3.8, 4) is 0 Å². The largest absolute Gasteiger partial charge is 0.354 e. The predicted octanol–water partition coefficient (Wildman–Crippen LogP) is 5.27. The van der Waals surface area contributed by atoms with Crippen molar-refractivity contribution in [3.63, 3.8) is 0 Å². The predicted molar refractivity (Wildman–Crippen MR) is 155 cm³/mol. The lowest BCUT2D eigenvalue weighted by Gasteiger charge is -2.33. The zero-order valence-electron chi connectivity index (χ0n) is 22.4. The molecular formula is C33H33N3O3. The molecular weight excluding hydrogens is 486 g/mol. The summed E-state index contributed by atoms with van der Waals surface area (Å²) in [6.07, 6.45) is 1.16. The SMILES string of the molecule is CCCNC(=O)[C@H](Cc1ccccc1)N(Cc1cccc(C)c1)C(=O)CN1C(=O)c2cccc3cccc1c23. The summed E-state index contributed by atoms with van der Waals surface area (Å²) in [5.41, 5.74) is 4.30. The number of benzene rings is 4. The first-order valence-corrected chi connectivity index (χ1v) is 13.5. The minimum atomic E-state index is -0.733. The standard InChI is InChI=1S/C33H33N3O3/c1-3-18-34-32(38)29(20-24-11-5-4-6-12-24)35(21-25-13-7-10-23(2)19-25)30(37)22-36-28-17-9-15-26-14-8-16-27(31(26)28)33(36)39/h4-17,19,29H,3,18,20-22H2,1-2H3,(H,34,38)/t29-/m0/s1. The van der Waals surface area contributed by atoms with E-state index < -0.39 is 6.04 Å². The lowest BCUT2D eigenvalue weighted by Crippen LogP contribution is -2.53. The Hall–Kier alpha value is -4.45. The molecule has 4 aromatic carbocycles. The molecule has 6 heteroatoms. The van der Waals surface area contributed by atoms with Gasteiger partial charge in [0.2, 0.25) is 11.8 Å². The van der Waals surface area contributed by atoms with Crippen molar-refractivity contribution in [2.75, 3.05) is 18.0 Å². The molecule has 1 aliphatic rings. The molecule has 1 N–H and O–H groups in total. The molecule has 0 unspecified atom stereocenters. The van der Waals surface area contributed by atoms with E-state index in [4.69, 9.17) is 0 Å². The third-order valence-electron chi connectivity index (χ3n) is 7.20. The van der Waals surface area contributed by atoms with Crippen molar-refractivity contribution in [2.45, 2.75) is 39.3 Å². The van der Waals surface area contributed by atoms with Crippen molar-refractivity contribution in [1.82, 2.24) is 10.2 Å². The number of carbonyl (C=O) groups excluding carboxylic acids is 3. The number of nitrogens with zero attached hydrogens (tertiary/aromatic N) is 2.